The molecule has 2 aromatic carbocycles. The van der Waals surface area contributed by atoms with Crippen molar-refractivity contribution in [1.82, 2.24) is 0 Å². The average molecular weight is 446 g/mol. The van der Waals surface area contributed by atoms with Crippen molar-refractivity contribution < 1.29 is 28.1 Å². The molecule has 138 valence electrons. The summed E-state index contributed by atoms with van der Waals surface area (Å²) in [7, 11) is 2.70. The number of hydrogen-bond donors (Lipinski definition) is 0. The van der Waals surface area contributed by atoms with Gasteiger partial charge in [0.05, 0.1) is 12.1 Å². The van der Waals surface area contributed by atoms with E-state index < -0.39 is 23.5 Å². The van der Waals surface area contributed by atoms with E-state index in [9.17, 15) is 9.18 Å². The van der Waals surface area contributed by atoms with E-state index >= 15 is 0 Å². The van der Waals surface area contributed by atoms with Crippen LogP contribution in [-0.4, -0.2) is 27.0 Å². The smallest absolute Gasteiger partial charge is 0.358 e. The van der Waals surface area contributed by atoms with Crippen molar-refractivity contribution in [3.63, 3.8) is 0 Å². The number of carbonyl (C=O) groups excluding carboxylic acids is 1. The van der Waals surface area contributed by atoms with Crippen molar-refractivity contribution in [1.29, 1.82) is 0 Å². The van der Waals surface area contributed by atoms with Crippen molar-refractivity contribution in [2.24, 2.45) is 0 Å². The minimum atomic E-state index is -1.67. The number of esters is 1. The Bertz CT molecular complexity index is 832. The lowest BCUT2D eigenvalue weighted by molar-refractivity contribution is -0.182. The van der Waals surface area contributed by atoms with Gasteiger partial charge in [0.15, 0.2) is 0 Å². The van der Waals surface area contributed by atoms with E-state index in [1.54, 1.807) is 30.3 Å². The standard InChI is InChI=1S/C18H15BrClFO5/c1-23-9-25-16-13-12(8-11(21)15(20)14(13)19)26-18(16,17(22)24-2)10-6-4-3-5-7-10/h3-8,16H,9H2,1-2H3/t16-,18+/m0/s1. The van der Waals surface area contributed by atoms with E-state index in [-0.39, 0.29) is 22.0 Å². The second kappa shape index (κ2) is 7.52. The molecule has 1 aliphatic rings. The van der Waals surface area contributed by atoms with Gasteiger partial charge >= 0.3 is 5.97 Å². The van der Waals surface area contributed by atoms with Crippen LogP contribution < -0.4 is 4.74 Å². The maximum atomic E-state index is 14.1. The van der Waals surface area contributed by atoms with Crippen LogP contribution in [0.2, 0.25) is 5.02 Å². The number of hydrogen-bond acceptors (Lipinski definition) is 5. The zero-order valence-electron chi connectivity index (χ0n) is 13.9. The van der Waals surface area contributed by atoms with Gasteiger partial charge in [-0.2, -0.15) is 0 Å². The number of fused-ring (bicyclic) bond motifs is 1. The van der Waals surface area contributed by atoms with Gasteiger partial charge in [-0.3, -0.25) is 0 Å². The zero-order valence-corrected chi connectivity index (χ0v) is 16.3. The van der Waals surface area contributed by atoms with Crippen LogP contribution >= 0.6 is 27.5 Å². The maximum Gasteiger partial charge on any atom is 0.358 e. The lowest BCUT2D eigenvalue weighted by atomic mass is 9.86. The van der Waals surface area contributed by atoms with E-state index in [1.807, 2.05) is 0 Å². The summed E-state index contributed by atoms with van der Waals surface area (Å²) in [6.45, 7) is -0.125. The summed E-state index contributed by atoms with van der Waals surface area (Å²) in [6.07, 6.45) is -0.972. The fourth-order valence-corrected chi connectivity index (χ4v) is 3.75. The van der Waals surface area contributed by atoms with Crippen LogP contribution in [0.15, 0.2) is 40.9 Å². The van der Waals surface area contributed by atoms with Crippen molar-refractivity contribution in [3.05, 3.63) is 62.8 Å². The first-order chi connectivity index (χ1) is 12.5. The van der Waals surface area contributed by atoms with Gasteiger partial charge in [-0.1, -0.05) is 41.9 Å². The van der Waals surface area contributed by atoms with E-state index in [1.165, 1.54) is 14.2 Å². The Kier molecular flexibility index (Phi) is 5.53. The predicted molar refractivity (Wildman–Crippen MR) is 95.6 cm³/mol. The minimum Gasteiger partial charge on any atom is -0.467 e. The lowest BCUT2D eigenvalue weighted by Gasteiger charge is -2.32. The molecule has 1 aliphatic heterocycles. The van der Waals surface area contributed by atoms with Gasteiger partial charge in [-0.05, 0) is 15.9 Å². The summed E-state index contributed by atoms with van der Waals surface area (Å²) < 4.78 is 36.1. The highest BCUT2D eigenvalue weighted by Crippen LogP contribution is 2.55. The second-order valence-corrected chi connectivity index (χ2v) is 6.72. The van der Waals surface area contributed by atoms with Gasteiger partial charge in [0.2, 0.25) is 0 Å². The summed E-state index contributed by atoms with van der Waals surface area (Å²) in [5, 5.41) is -0.132. The molecule has 0 fully saturated rings. The minimum absolute atomic E-state index is 0.125. The Morgan fingerprint density at radius 1 is 1.35 bits per heavy atom. The van der Waals surface area contributed by atoms with Gasteiger partial charge in [0.1, 0.15) is 24.5 Å². The highest BCUT2D eigenvalue weighted by molar-refractivity contribution is 9.10. The first-order valence-electron chi connectivity index (χ1n) is 7.58. The van der Waals surface area contributed by atoms with Crippen molar-refractivity contribution in [2.45, 2.75) is 11.7 Å². The highest BCUT2D eigenvalue weighted by atomic mass is 79.9. The molecule has 2 atom stereocenters. The number of halogens is 3. The molecule has 0 unspecified atom stereocenters. The van der Waals surface area contributed by atoms with Crippen LogP contribution in [-0.2, 0) is 24.6 Å². The maximum absolute atomic E-state index is 14.1. The quantitative estimate of drug-likeness (QED) is 0.389. The fourth-order valence-electron chi connectivity index (χ4n) is 3.00. The van der Waals surface area contributed by atoms with Crippen LogP contribution in [0, 0.1) is 5.82 Å². The molecule has 8 heteroatoms. The Morgan fingerprint density at radius 2 is 2.04 bits per heavy atom. The van der Waals surface area contributed by atoms with Crippen LogP contribution in [0.1, 0.15) is 17.2 Å². The molecular formula is C18H15BrClFO5. The van der Waals surface area contributed by atoms with Crippen molar-refractivity contribution in [3.8, 4) is 5.75 Å². The van der Waals surface area contributed by atoms with E-state index in [0.717, 1.165) is 6.07 Å². The molecule has 0 aromatic heterocycles. The topological polar surface area (TPSA) is 54.0 Å². The lowest BCUT2D eigenvalue weighted by Crippen LogP contribution is -2.45. The number of methoxy groups -OCH3 is 2. The third kappa shape index (κ3) is 2.89. The van der Waals surface area contributed by atoms with E-state index in [4.69, 9.17) is 30.5 Å². The fraction of sp³-hybridized carbons (Fsp3) is 0.278. The summed E-state index contributed by atoms with van der Waals surface area (Å²) >= 11 is 9.32. The normalized spacial score (nSPS) is 21.2. The summed E-state index contributed by atoms with van der Waals surface area (Å²) in [4.78, 5) is 12.8. The second-order valence-electron chi connectivity index (χ2n) is 5.55. The summed E-state index contributed by atoms with van der Waals surface area (Å²) in [5.41, 5.74) is -0.772. The summed E-state index contributed by atoms with van der Waals surface area (Å²) in [5.74, 6) is -1.24. The molecule has 0 bridgehead atoms. The van der Waals surface area contributed by atoms with Crippen LogP contribution in [0.4, 0.5) is 4.39 Å². The molecule has 1 heterocycles. The average Bonchev–Trinajstić information content (AvgIpc) is 2.99. The molecular weight excluding hydrogens is 431 g/mol. The van der Waals surface area contributed by atoms with Gasteiger partial charge in [0, 0.05) is 28.8 Å². The highest BCUT2D eigenvalue weighted by Gasteiger charge is 2.59. The third-order valence-corrected chi connectivity index (χ3v) is 5.53. The molecule has 5 nitrogen and oxygen atoms in total. The van der Waals surface area contributed by atoms with Crippen LogP contribution in [0.25, 0.3) is 0 Å². The van der Waals surface area contributed by atoms with Gasteiger partial charge in [-0.25, -0.2) is 9.18 Å². The first kappa shape index (κ1) is 19.1. The van der Waals surface area contributed by atoms with Crippen LogP contribution in [0.5, 0.6) is 5.75 Å². The number of rotatable bonds is 5. The molecule has 0 saturated carbocycles. The molecule has 0 aliphatic carbocycles. The Morgan fingerprint density at radius 3 is 2.65 bits per heavy atom. The van der Waals surface area contributed by atoms with Crippen molar-refractivity contribution >= 4 is 33.5 Å². The first-order valence-corrected chi connectivity index (χ1v) is 8.75. The Hall–Kier alpha value is -1.67. The zero-order chi connectivity index (χ0) is 18.9. The number of benzene rings is 2. The van der Waals surface area contributed by atoms with E-state index in [2.05, 4.69) is 15.9 Å². The molecule has 26 heavy (non-hydrogen) atoms. The molecule has 0 saturated heterocycles. The van der Waals surface area contributed by atoms with Gasteiger partial charge < -0.3 is 18.9 Å². The largest absolute Gasteiger partial charge is 0.467 e. The Balaban J connectivity index is 2.27. The molecule has 0 amide bonds. The van der Waals surface area contributed by atoms with Crippen LogP contribution in [0.3, 0.4) is 0 Å². The monoisotopic (exact) mass is 444 g/mol. The molecule has 0 N–H and O–H groups in total. The molecule has 2 aromatic rings. The van der Waals surface area contributed by atoms with Crippen molar-refractivity contribution in [2.75, 3.05) is 21.0 Å². The number of carbonyl (C=O) groups is 1. The summed E-state index contributed by atoms with van der Waals surface area (Å²) in [6, 6.07) is 9.84. The third-order valence-electron chi connectivity index (χ3n) is 4.11. The SMILES string of the molecule is COCO[C@H]1c2c(cc(F)c(Cl)c2Br)O[C@]1(C(=O)OC)c1ccccc1. The molecule has 3 rings (SSSR count). The van der Waals surface area contributed by atoms with Gasteiger partial charge in [0.25, 0.3) is 5.60 Å². The molecule has 0 radical (unpaired) electrons. The predicted octanol–water partition coefficient (Wildman–Crippen LogP) is 4.36. The number of ether oxygens (including phenoxy) is 4. The Labute approximate surface area is 163 Å². The van der Waals surface area contributed by atoms with Gasteiger partial charge in [-0.15, -0.1) is 0 Å². The molecule has 0 spiro atoms. The van der Waals surface area contributed by atoms with E-state index in [0.29, 0.717) is 11.1 Å².